The molecule has 0 radical (unpaired) electrons. The molecule has 3 aliphatic heterocycles. The SMILES string of the molecule is CC1(C)O[C@H]2[C@@H](O1)[C@@H](CNCCO)O[C@@H]1OC(C)(C)O[C@@H]12. The number of rotatable bonds is 4. The average molecular weight is 303 g/mol. The van der Waals surface area contributed by atoms with E-state index in [-0.39, 0.29) is 31.0 Å². The van der Waals surface area contributed by atoms with Crippen molar-refractivity contribution in [1.29, 1.82) is 0 Å². The summed E-state index contributed by atoms with van der Waals surface area (Å²) in [4.78, 5) is 0. The first kappa shape index (κ1) is 15.6. The summed E-state index contributed by atoms with van der Waals surface area (Å²) >= 11 is 0. The van der Waals surface area contributed by atoms with Crippen molar-refractivity contribution >= 4 is 0 Å². The zero-order valence-electron chi connectivity index (χ0n) is 13.0. The van der Waals surface area contributed by atoms with E-state index in [2.05, 4.69) is 5.32 Å². The lowest BCUT2D eigenvalue weighted by molar-refractivity contribution is -0.232. The lowest BCUT2D eigenvalue weighted by Crippen LogP contribution is -2.57. The Labute approximate surface area is 124 Å². The van der Waals surface area contributed by atoms with Gasteiger partial charge in [0.2, 0.25) is 0 Å². The van der Waals surface area contributed by atoms with Gasteiger partial charge in [-0.15, -0.1) is 0 Å². The fourth-order valence-electron chi connectivity index (χ4n) is 3.18. The zero-order chi connectivity index (χ0) is 15.3. The maximum absolute atomic E-state index is 8.88. The van der Waals surface area contributed by atoms with Crippen LogP contribution in [0.4, 0.5) is 0 Å². The van der Waals surface area contributed by atoms with Gasteiger partial charge in [-0.05, 0) is 27.7 Å². The summed E-state index contributed by atoms with van der Waals surface area (Å²) in [5.74, 6) is -1.36. The van der Waals surface area contributed by atoms with E-state index in [4.69, 9.17) is 28.8 Å². The molecule has 122 valence electrons. The number of aliphatic hydroxyl groups excluding tert-OH is 1. The Hall–Kier alpha value is -0.280. The molecule has 21 heavy (non-hydrogen) atoms. The van der Waals surface area contributed by atoms with Crippen LogP contribution in [0.15, 0.2) is 0 Å². The number of hydrogen-bond acceptors (Lipinski definition) is 7. The molecule has 0 aromatic carbocycles. The fraction of sp³-hybridized carbons (Fsp3) is 1.00. The quantitative estimate of drug-likeness (QED) is 0.706. The van der Waals surface area contributed by atoms with Crippen LogP contribution >= 0.6 is 0 Å². The molecule has 2 N–H and O–H groups in total. The largest absolute Gasteiger partial charge is 0.395 e. The molecule has 0 bridgehead atoms. The van der Waals surface area contributed by atoms with Gasteiger partial charge < -0.3 is 34.1 Å². The summed E-state index contributed by atoms with van der Waals surface area (Å²) in [6.07, 6.45) is -1.39. The average Bonchev–Trinajstić information content (AvgIpc) is 2.84. The van der Waals surface area contributed by atoms with Crippen LogP contribution in [0.3, 0.4) is 0 Å². The molecule has 0 unspecified atom stereocenters. The summed E-state index contributed by atoms with van der Waals surface area (Å²) in [6, 6.07) is 0. The molecule has 3 aliphatic rings. The summed E-state index contributed by atoms with van der Waals surface area (Å²) in [7, 11) is 0. The molecular formula is C14H25NO6. The molecule has 0 spiro atoms. The Kier molecular flexibility index (Phi) is 4.03. The minimum Gasteiger partial charge on any atom is -0.395 e. The van der Waals surface area contributed by atoms with Gasteiger partial charge in [-0.1, -0.05) is 0 Å². The van der Waals surface area contributed by atoms with E-state index in [0.29, 0.717) is 13.1 Å². The van der Waals surface area contributed by atoms with Gasteiger partial charge in [-0.3, -0.25) is 0 Å². The van der Waals surface area contributed by atoms with Crippen molar-refractivity contribution in [3.63, 3.8) is 0 Å². The molecule has 7 heteroatoms. The van der Waals surface area contributed by atoms with Gasteiger partial charge in [0.1, 0.15) is 24.4 Å². The number of ether oxygens (including phenoxy) is 5. The minimum atomic E-state index is -0.691. The van der Waals surface area contributed by atoms with E-state index in [9.17, 15) is 0 Å². The normalized spacial score (nSPS) is 43.6. The first-order valence-electron chi connectivity index (χ1n) is 7.50. The maximum atomic E-state index is 8.88. The van der Waals surface area contributed by atoms with E-state index in [1.54, 1.807) is 0 Å². The Morgan fingerprint density at radius 3 is 2.24 bits per heavy atom. The third-order valence-corrected chi connectivity index (χ3v) is 3.88. The number of hydrogen-bond donors (Lipinski definition) is 2. The van der Waals surface area contributed by atoms with Gasteiger partial charge in [0.25, 0.3) is 0 Å². The molecule has 5 atom stereocenters. The third kappa shape index (κ3) is 3.10. The van der Waals surface area contributed by atoms with Crippen LogP contribution in [0.1, 0.15) is 27.7 Å². The Balaban J connectivity index is 1.75. The third-order valence-electron chi connectivity index (χ3n) is 3.88. The topological polar surface area (TPSA) is 78.4 Å². The summed E-state index contributed by atoms with van der Waals surface area (Å²) in [5, 5.41) is 12.0. The van der Waals surface area contributed by atoms with Gasteiger partial charge in [0.05, 0.1) is 6.61 Å². The summed E-state index contributed by atoms with van der Waals surface area (Å²) < 4.78 is 29.7. The van der Waals surface area contributed by atoms with Crippen LogP contribution in [0, 0.1) is 0 Å². The van der Waals surface area contributed by atoms with Crippen molar-refractivity contribution in [3.8, 4) is 0 Å². The summed E-state index contributed by atoms with van der Waals surface area (Å²) in [6.45, 7) is 8.67. The second-order valence-corrected chi connectivity index (χ2v) is 6.64. The van der Waals surface area contributed by atoms with Crippen LogP contribution in [0.5, 0.6) is 0 Å². The molecule has 3 heterocycles. The van der Waals surface area contributed by atoms with Crippen molar-refractivity contribution in [2.24, 2.45) is 0 Å². The van der Waals surface area contributed by atoms with Gasteiger partial charge in [-0.2, -0.15) is 0 Å². The van der Waals surface area contributed by atoms with Crippen LogP contribution in [-0.4, -0.2) is 67.1 Å². The second-order valence-electron chi connectivity index (χ2n) is 6.64. The van der Waals surface area contributed by atoms with Crippen LogP contribution in [0.2, 0.25) is 0 Å². The van der Waals surface area contributed by atoms with Crippen molar-refractivity contribution in [2.75, 3.05) is 19.7 Å². The first-order chi connectivity index (χ1) is 9.81. The second kappa shape index (κ2) is 5.42. The van der Waals surface area contributed by atoms with Gasteiger partial charge in [0, 0.05) is 13.1 Å². The Morgan fingerprint density at radius 1 is 0.905 bits per heavy atom. The van der Waals surface area contributed by atoms with Crippen LogP contribution < -0.4 is 5.32 Å². The van der Waals surface area contributed by atoms with Gasteiger partial charge in [-0.25, -0.2) is 0 Å². The molecule has 0 aromatic rings. The fourth-order valence-corrected chi connectivity index (χ4v) is 3.18. The van der Waals surface area contributed by atoms with Crippen molar-refractivity contribution in [3.05, 3.63) is 0 Å². The zero-order valence-corrected chi connectivity index (χ0v) is 13.0. The highest BCUT2D eigenvalue weighted by Gasteiger charge is 2.60. The predicted octanol–water partition coefficient (Wildman–Crippen LogP) is -0.0352. The molecule has 0 aromatic heterocycles. The number of nitrogens with one attached hydrogen (secondary N) is 1. The van der Waals surface area contributed by atoms with E-state index in [1.165, 1.54) is 0 Å². The molecule has 7 nitrogen and oxygen atoms in total. The van der Waals surface area contributed by atoms with E-state index in [1.807, 2.05) is 27.7 Å². The van der Waals surface area contributed by atoms with Crippen molar-refractivity contribution in [2.45, 2.75) is 70.0 Å². The van der Waals surface area contributed by atoms with Gasteiger partial charge in [0.15, 0.2) is 17.9 Å². The van der Waals surface area contributed by atoms with Crippen LogP contribution in [-0.2, 0) is 23.7 Å². The number of fused-ring (bicyclic) bond motifs is 3. The molecule has 0 saturated carbocycles. The predicted molar refractivity (Wildman–Crippen MR) is 72.5 cm³/mol. The van der Waals surface area contributed by atoms with Crippen molar-refractivity contribution in [1.82, 2.24) is 5.32 Å². The first-order valence-corrected chi connectivity index (χ1v) is 7.50. The smallest absolute Gasteiger partial charge is 0.190 e. The monoisotopic (exact) mass is 303 g/mol. The standard InChI is InChI=1S/C14H25NO6/c1-13(2)18-9-8(7-15-5-6-16)17-12-11(10(9)19-13)20-14(3,4)21-12/h8-12,15-16H,5-7H2,1-4H3/t8-,9+,10+,11-,12-/m1/s1. The van der Waals surface area contributed by atoms with Crippen LogP contribution in [0.25, 0.3) is 0 Å². The minimum absolute atomic E-state index is 0.0857. The van der Waals surface area contributed by atoms with E-state index >= 15 is 0 Å². The lowest BCUT2D eigenvalue weighted by atomic mass is 9.99. The molecule has 0 aliphatic carbocycles. The molecule has 3 rings (SSSR count). The number of aliphatic hydroxyl groups is 1. The highest BCUT2D eigenvalue weighted by Crippen LogP contribution is 2.43. The Bertz CT molecular complexity index is 388. The van der Waals surface area contributed by atoms with Gasteiger partial charge >= 0.3 is 0 Å². The van der Waals surface area contributed by atoms with Crippen molar-refractivity contribution < 1.29 is 28.8 Å². The Morgan fingerprint density at radius 2 is 1.52 bits per heavy atom. The lowest BCUT2D eigenvalue weighted by Gasteiger charge is -2.37. The molecule has 3 fully saturated rings. The highest BCUT2D eigenvalue weighted by atomic mass is 16.9. The van der Waals surface area contributed by atoms with E-state index in [0.717, 1.165) is 0 Å². The molecular weight excluding hydrogens is 278 g/mol. The summed E-state index contributed by atoms with van der Waals surface area (Å²) in [5.41, 5.74) is 0. The van der Waals surface area contributed by atoms with E-state index < -0.39 is 17.9 Å². The molecule has 0 amide bonds. The maximum Gasteiger partial charge on any atom is 0.190 e. The highest BCUT2D eigenvalue weighted by molar-refractivity contribution is 5.00. The molecule has 3 saturated heterocycles.